The number of ether oxygens (including phenoxy) is 3. The Kier molecular flexibility index (Phi) is 9.87. The third kappa shape index (κ3) is 7.12. The molecule has 1 N–H and O–H groups in total. The van der Waals surface area contributed by atoms with Gasteiger partial charge in [0.15, 0.2) is 17.8 Å². The summed E-state index contributed by atoms with van der Waals surface area (Å²) < 4.78 is 17.4. The number of aromatic amines is 1. The van der Waals surface area contributed by atoms with Crippen molar-refractivity contribution in [3.05, 3.63) is 107 Å². The van der Waals surface area contributed by atoms with Crippen LogP contribution in [0.15, 0.2) is 85.2 Å². The lowest BCUT2D eigenvalue weighted by atomic mass is 9.59. The van der Waals surface area contributed by atoms with Crippen LogP contribution in [0.3, 0.4) is 0 Å². The van der Waals surface area contributed by atoms with Crippen LogP contribution < -0.4 is 19.1 Å². The number of carbonyl (C=O) groups excluding carboxylic acids is 1. The molecule has 276 valence electrons. The minimum absolute atomic E-state index is 0.354. The maximum absolute atomic E-state index is 12.0. The summed E-state index contributed by atoms with van der Waals surface area (Å²) in [7, 11) is 3.39. The maximum Gasteiger partial charge on any atom is 0.161 e. The van der Waals surface area contributed by atoms with Gasteiger partial charge in [0.2, 0.25) is 0 Å². The molecule has 8 rings (SSSR count). The predicted octanol–water partition coefficient (Wildman–Crippen LogP) is 8.62. The highest BCUT2D eigenvalue weighted by atomic mass is 16.5. The van der Waals surface area contributed by atoms with Crippen LogP contribution >= 0.6 is 0 Å². The lowest BCUT2D eigenvalue weighted by molar-refractivity contribution is -0.0628. The number of pyridine rings is 1. The largest absolute Gasteiger partial charge is 0.493 e. The van der Waals surface area contributed by atoms with Crippen molar-refractivity contribution in [1.29, 1.82) is 0 Å². The van der Waals surface area contributed by atoms with Crippen molar-refractivity contribution in [2.24, 2.45) is 5.41 Å². The molecular weight excluding hydrogens is 663 g/mol. The molecule has 1 atom stereocenters. The molecule has 5 aromatic rings. The van der Waals surface area contributed by atoms with E-state index in [1.165, 1.54) is 42.4 Å². The molecule has 1 saturated carbocycles. The van der Waals surface area contributed by atoms with E-state index < -0.39 is 0 Å². The van der Waals surface area contributed by atoms with Crippen LogP contribution in [0, 0.1) is 5.41 Å². The fourth-order valence-corrected chi connectivity index (χ4v) is 9.12. The summed E-state index contributed by atoms with van der Waals surface area (Å²) in [5.41, 5.74) is 7.03. The second-order valence-electron chi connectivity index (χ2n) is 15.5. The third-order valence-corrected chi connectivity index (χ3v) is 12.1. The van der Waals surface area contributed by atoms with Gasteiger partial charge in [-0.2, -0.15) is 0 Å². The Labute approximate surface area is 312 Å². The van der Waals surface area contributed by atoms with Gasteiger partial charge >= 0.3 is 0 Å². The normalized spacial score (nSPS) is 19.4. The van der Waals surface area contributed by atoms with Crippen LogP contribution in [0.2, 0.25) is 0 Å². The zero-order chi connectivity index (χ0) is 36.5. The first-order chi connectivity index (χ1) is 25.8. The van der Waals surface area contributed by atoms with Crippen LogP contribution in [0.4, 0.5) is 5.69 Å². The van der Waals surface area contributed by atoms with E-state index >= 15 is 0 Å². The van der Waals surface area contributed by atoms with E-state index in [-0.39, 0.29) is 0 Å². The van der Waals surface area contributed by atoms with Gasteiger partial charge in [-0.05, 0) is 90.1 Å². The molecule has 9 heteroatoms. The summed E-state index contributed by atoms with van der Waals surface area (Å²) in [6.45, 7) is 10.6. The number of anilines is 1. The van der Waals surface area contributed by atoms with Crippen molar-refractivity contribution in [3.63, 3.8) is 0 Å². The van der Waals surface area contributed by atoms with Crippen molar-refractivity contribution in [1.82, 2.24) is 19.8 Å². The molecule has 3 aromatic carbocycles. The Balaban J connectivity index is 0.943. The lowest BCUT2D eigenvalue weighted by Gasteiger charge is -2.58. The van der Waals surface area contributed by atoms with E-state index in [0.29, 0.717) is 40.5 Å². The Morgan fingerprint density at radius 3 is 2.49 bits per heavy atom. The number of benzene rings is 3. The highest BCUT2D eigenvalue weighted by Gasteiger charge is 2.50. The van der Waals surface area contributed by atoms with Crippen molar-refractivity contribution in [3.8, 4) is 23.0 Å². The van der Waals surface area contributed by atoms with E-state index in [1.807, 2.05) is 36.5 Å². The van der Waals surface area contributed by atoms with Gasteiger partial charge in [-0.25, -0.2) is 4.98 Å². The molecule has 3 aliphatic rings. The first-order valence-corrected chi connectivity index (χ1v) is 19.1. The fraction of sp³-hybridized carbons (Fsp3) is 0.409. The number of aldehydes is 1. The number of nitrogens with zero attached hydrogens (tertiary/aromatic N) is 4. The van der Waals surface area contributed by atoms with Crippen LogP contribution in [0.5, 0.6) is 23.0 Å². The van der Waals surface area contributed by atoms with E-state index in [1.54, 1.807) is 20.4 Å². The molecule has 9 nitrogen and oxygen atoms in total. The van der Waals surface area contributed by atoms with Gasteiger partial charge in [0.1, 0.15) is 17.1 Å². The number of rotatable bonds is 11. The van der Waals surface area contributed by atoms with Gasteiger partial charge in [-0.3, -0.25) is 14.6 Å². The number of methoxy groups -OCH3 is 2. The Hall–Kier alpha value is -4.86. The highest BCUT2D eigenvalue weighted by Crippen LogP contribution is 2.53. The number of hydrogen-bond acceptors (Lipinski definition) is 8. The molecule has 53 heavy (non-hydrogen) atoms. The minimum Gasteiger partial charge on any atom is -0.493 e. The fourth-order valence-electron chi connectivity index (χ4n) is 9.12. The number of fused-ring (bicyclic) bond motifs is 1. The molecule has 0 radical (unpaired) electrons. The topological polar surface area (TPSA) is 83.2 Å². The number of piperazine rings is 1. The number of carbonyl (C=O) groups is 1. The van der Waals surface area contributed by atoms with E-state index in [2.05, 4.69) is 81.0 Å². The summed E-state index contributed by atoms with van der Waals surface area (Å²) in [6, 6.07) is 26.2. The SMILES string of the molecule is COc1ccc(CN2CCN(C3CC4(CCN(c5ccc(C=O)c(Oc6cnc7[nH]ccc7c6)c5)CC4)C3)C(c3ccccc3C(C)C)C2)cc1OC. The third-order valence-electron chi connectivity index (χ3n) is 12.1. The average molecular weight is 714 g/mol. The first kappa shape index (κ1) is 35.2. The van der Waals surface area contributed by atoms with Gasteiger partial charge in [0.05, 0.1) is 26.0 Å². The molecule has 1 spiro atoms. The minimum atomic E-state index is 0.354. The van der Waals surface area contributed by atoms with Crippen LogP contribution in [0.25, 0.3) is 11.0 Å². The molecular formula is C44H51N5O4. The number of aromatic nitrogens is 2. The second kappa shape index (κ2) is 14.9. The average Bonchev–Trinajstić information content (AvgIpc) is 3.65. The summed E-state index contributed by atoms with van der Waals surface area (Å²) in [5.74, 6) is 3.20. The van der Waals surface area contributed by atoms with Crippen LogP contribution in [-0.4, -0.2) is 79.0 Å². The monoisotopic (exact) mass is 713 g/mol. The summed E-state index contributed by atoms with van der Waals surface area (Å²) in [5, 5.41) is 0.971. The predicted molar refractivity (Wildman–Crippen MR) is 210 cm³/mol. The van der Waals surface area contributed by atoms with Crippen molar-refractivity contribution >= 4 is 23.0 Å². The summed E-state index contributed by atoms with van der Waals surface area (Å²) in [4.78, 5) is 27.4. The van der Waals surface area contributed by atoms with E-state index in [4.69, 9.17) is 14.2 Å². The molecule has 2 aromatic heterocycles. The quantitative estimate of drug-likeness (QED) is 0.136. The van der Waals surface area contributed by atoms with E-state index in [0.717, 1.165) is 73.8 Å². The molecule has 0 amide bonds. The smallest absolute Gasteiger partial charge is 0.161 e. The zero-order valence-corrected chi connectivity index (χ0v) is 31.4. The van der Waals surface area contributed by atoms with Crippen molar-refractivity contribution < 1.29 is 19.0 Å². The van der Waals surface area contributed by atoms with Gasteiger partial charge in [-0.1, -0.05) is 44.2 Å². The second-order valence-corrected chi connectivity index (χ2v) is 15.5. The number of hydrogen-bond donors (Lipinski definition) is 1. The van der Waals surface area contributed by atoms with Crippen LogP contribution in [0.1, 0.15) is 78.5 Å². The Bertz CT molecular complexity index is 2060. The molecule has 3 fully saturated rings. The lowest BCUT2D eigenvalue weighted by Crippen LogP contribution is -2.60. The molecule has 2 aliphatic heterocycles. The number of H-pyrrole nitrogens is 1. The van der Waals surface area contributed by atoms with Crippen molar-refractivity contribution in [2.75, 3.05) is 51.8 Å². The van der Waals surface area contributed by atoms with Gasteiger partial charge in [0.25, 0.3) is 0 Å². The molecule has 1 unspecified atom stereocenters. The van der Waals surface area contributed by atoms with Gasteiger partial charge in [0, 0.05) is 74.7 Å². The van der Waals surface area contributed by atoms with Crippen LogP contribution in [-0.2, 0) is 6.54 Å². The molecule has 1 aliphatic carbocycles. The number of piperidine rings is 1. The Morgan fingerprint density at radius 1 is 0.906 bits per heavy atom. The van der Waals surface area contributed by atoms with Crippen molar-refractivity contribution in [2.45, 2.75) is 64.1 Å². The summed E-state index contributed by atoms with van der Waals surface area (Å²) in [6.07, 6.45) is 9.28. The van der Waals surface area contributed by atoms with Gasteiger partial charge in [-0.15, -0.1) is 0 Å². The molecule has 4 heterocycles. The number of nitrogens with one attached hydrogen (secondary N) is 1. The van der Waals surface area contributed by atoms with E-state index in [9.17, 15) is 4.79 Å². The standard InChI is InChI=1S/C44H51N5O4/c1-30(2)37-7-5-6-8-38(37)39-28-47(27-31-9-12-40(51-3)42(21-31)52-4)19-20-49(39)35-24-44(25-35)14-17-48(18-15-44)34-11-10-33(29-50)41(23-34)53-36-22-32-13-16-45-43(32)46-26-36/h5-13,16,21-23,26,29-30,35,39H,14-15,17-20,24-25,27-28H2,1-4H3,(H,45,46). The highest BCUT2D eigenvalue weighted by molar-refractivity contribution is 5.81. The Morgan fingerprint density at radius 2 is 1.72 bits per heavy atom. The molecule has 0 bridgehead atoms. The molecule has 2 saturated heterocycles. The first-order valence-electron chi connectivity index (χ1n) is 19.1. The maximum atomic E-state index is 12.0. The summed E-state index contributed by atoms with van der Waals surface area (Å²) >= 11 is 0. The zero-order valence-electron chi connectivity index (χ0n) is 31.4. The van der Waals surface area contributed by atoms with Gasteiger partial charge < -0.3 is 24.1 Å².